The number of aliphatic hydroxyl groups excluding tert-OH is 1. The van der Waals surface area contributed by atoms with Gasteiger partial charge in [0.1, 0.15) is 12.1 Å². The van der Waals surface area contributed by atoms with Gasteiger partial charge in [-0.3, -0.25) is 9.59 Å². The van der Waals surface area contributed by atoms with Gasteiger partial charge < -0.3 is 35.6 Å². The zero-order valence-electron chi connectivity index (χ0n) is 21.8. The summed E-state index contributed by atoms with van der Waals surface area (Å²) in [5.74, 6) is 4.66. The van der Waals surface area contributed by atoms with Gasteiger partial charge in [0.05, 0.1) is 17.7 Å². The SMILES string of the molecule is CC#Cc1ccc([C@@H](NC(=O)[C@@H]2C[C@@H](O)CN2C(=O)[C@@H](NC(=O)O)C2(C)CCOCC2)C(C)(C)O)cc1. The largest absolute Gasteiger partial charge is 0.465 e. The summed E-state index contributed by atoms with van der Waals surface area (Å²) in [5, 5.41) is 35.9. The number of carbonyl (C=O) groups is 3. The van der Waals surface area contributed by atoms with E-state index >= 15 is 0 Å². The third-order valence-electron chi connectivity index (χ3n) is 7.22. The monoisotopic (exact) mass is 515 g/mol. The lowest BCUT2D eigenvalue weighted by Crippen LogP contribution is -2.60. The Bertz CT molecular complexity index is 1050. The lowest BCUT2D eigenvalue weighted by Gasteiger charge is -2.41. The molecular weight excluding hydrogens is 478 g/mol. The quantitative estimate of drug-likeness (QED) is 0.345. The first-order valence-electron chi connectivity index (χ1n) is 12.5. The van der Waals surface area contributed by atoms with E-state index in [4.69, 9.17) is 4.74 Å². The van der Waals surface area contributed by atoms with Crippen LogP contribution in [-0.4, -0.2) is 81.7 Å². The first kappa shape index (κ1) is 28.4. The minimum atomic E-state index is -1.34. The van der Waals surface area contributed by atoms with Crippen molar-refractivity contribution in [2.75, 3.05) is 19.8 Å². The van der Waals surface area contributed by atoms with E-state index in [-0.39, 0.29) is 13.0 Å². The number of nitrogens with one attached hydrogen (secondary N) is 2. The van der Waals surface area contributed by atoms with Crippen LogP contribution in [0.3, 0.4) is 0 Å². The highest BCUT2D eigenvalue weighted by Gasteiger charge is 2.48. The van der Waals surface area contributed by atoms with Crippen molar-refractivity contribution in [1.82, 2.24) is 15.5 Å². The van der Waals surface area contributed by atoms with E-state index in [1.165, 1.54) is 4.90 Å². The van der Waals surface area contributed by atoms with E-state index in [0.29, 0.717) is 31.6 Å². The smallest absolute Gasteiger partial charge is 0.405 e. The fraction of sp³-hybridized carbons (Fsp3) is 0.593. The number of hydrogen-bond donors (Lipinski definition) is 5. The fourth-order valence-electron chi connectivity index (χ4n) is 5.07. The molecule has 0 aromatic heterocycles. The number of carboxylic acid groups (broad SMARTS) is 1. The molecule has 5 N–H and O–H groups in total. The number of rotatable bonds is 7. The Morgan fingerprint density at radius 2 is 1.78 bits per heavy atom. The summed E-state index contributed by atoms with van der Waals surface area (Å²) in [5.41, 5.74) is -0.607. The Morgan fingerprint density at radius 1 is 1.16 bits per heavy atom. The number of carbonyl (C=O) groups excluding carboxylic acids is 2. The van der Waals surface area contributed by atoms with Crippen LogP contribution in [0, 0.1) is 17.3 Å². The summed E-state index contributed by atoms with van der Waals surface area (Å²) in [6.45, 7) is 7.39. The van der Waals surface area contributed by atoms with Crippen LogP contribution < -0.4 is 10.6 Å². The Kier molecular flexibility index (Phi) is 8.84. The number of likely N-dealkylation sites (tertiary alicyclic amines) is 1. The molecule has 37 heavy (non-hydrogen) atoms. The molecule has 10 heteroatoms. The Morgan fingerprint density at radius 3 is 2.32 bits per heavy atom. The molecule has 10 nitrogen and oxygen atoms in total. The molecule has 2 aliphatic heterocycles. The molecule has 0 aliphatic carbocycles. The highest BCUT2D eigenvalue weighted by Crippen LogP contribution is 2.36. The highest BCUT2D eigenvalue weighted by atomic mass is 16.5. The lowest BCUT2D eigenvalue weighted by atomic mass is 9.75. The van der Waals surface area contributed by atoms with Gasteiger partial charge in [-0.1, -0.05) is 25.0 Å². The molecule has 0 bridgehead atoms. The van der Waals surface area contributed by atoms with Gasteiger partial charge in [-0.05, 0) is 51.3 Å². The average molecular weight is 516 g/mol. The van der Waals surface area contributed by atoms with E-state index < -0.39 is 53.2 Å². The summed E-state index contributed by atoms with van der Waals surface area (Å²) >= 11 is 0. The summed E-state index contributed by atoms with van der Waals surface area (Å²) in [4.78, 5) is 40.0. The minimum Gasteiger partial charge on any atom is -0.465 e. The van der Waals surface area contributed by atoms with Crippen LogP contribution in [0.15, 0.2) is 24.3 Å². The van der Waals surface area contributed by atoms with Crippen molar-refractivity contribution in [2.24, 2.45) is 5.41 Å². The molecule has 4 atom stereocenters. The number of nitrogens with zero attached hydrogens (tertiary/aromatic N) is 1. The van der Waals surface area contributed by atoms with Crippen molar-refractivity contribution < 1.29 is 34.4 Å². The van der Waals surface area contributed by atoms with E-state index in [1.54, 1.807) is 45.0 Å². The van der Waals surface area contributed by atoms with Crippen LogP contribution >= 0.6 is 0 Å². The Balaban J connectivity index is 1.86. The van der Waals surface area contributed by atoms with Crippen LogP contribution in [-0.2, 0) is 14.3 Å². The predicted molar refractivity (Wildman–Crippen MR) is 135 cm³/mol. The molecule has 1 aromatic carbocycles. The lowest BCUT2D eigenvalue weighted by molar-refractivity contribution is -0.144. The van der Waals surface area contributed by atoms with Crippen molar-refractivity contribution in [3.63, 3.8) is 0 Å². The topological polar surface area (TPSA) is 148 Å². The summed E-state index contributed by atoms with van der Waals surface area (Å²) in [6, 6.07) is 4.19. The first-order chi connectivity index (χ1) is 17.4. The summed E-state index contributed by atoms with van der Waals surface area (Å²) in [6.07, 6.45) is -1.35. The molecule has 3 rings (SSSR count). The standard InChI is InChI=1S/C27H37N3O7/c1-5-6-17-7-9-18(10-8-17)21(26(2,3)36)28-23(32)20-15-19(31)16-30(20)24(33)22(29-25(34)35)27(4)11-13-37-14-12-27/h7-10,19-22,29,31,36H,11-16H2,1-4H3,(H,28,32)(H,34,35)/t19-,20+,21-,22-/m1/s1. The third-order valence-corrected chi connectivity index (χ3v) is 7.22. The molecule has 202 valence electrons. The number of ether oxygens (including phenoxy) is 1. The molecular formula is C27H37N3O7. The molecule has 2 heterocycles. The first-order valence-corrected chi connectivity index (χ1v) is 12.5. The second-order valence-corrected chi connectivity index (χ2v) is 10.6. The van der Waals surface area contributed by atoms with Gasteiger partial charge in [0.25, 0.3) is 0 Å². The van der Waals surface area contributed by atoms with Gasteiger partial charge in [-0.2, -0.15) is 0 Å². The van der Waals surface area contributed by atoms with Gasteiger partial charge in [0.15, 0.2) is 0 Å². The van der Waals surface area contributed by atoms with Crippen LogP contribution in [0.2, 0.25) is 0 Å². The second kappa shape index (κ2) is 11.5. The second-order valence-electron chi connectivity index (χ2n) is 10.6. The molecule has 0 saturated carbocycles. The van der Waals surface area contributed by atoms with Gasteiger partial charge in [0.2, 0.25) is 11.8 Å². The number of amides is 3. The normalized spacial score (nSPS) is 22.8. The van der Waals surface area contributed by atoms with E-state index in [9.17, 15) is 29.7 Å². The molecule has 1 aromatic rings. The molecule has 2 saturated heterocycles. The van der Waals surface area contributed by atoms with Crippen molar-refractivity contribution in [2.45, 2.75) is 76.8 Å². The van der Waals surface area contributed by atoms with Crippen LogP contribution in [0.1, 0.15) is 64.1 Å². The maximum atomic E-state index is 13.7. The summed E-state index contributed by atoms with van der Waals surface area (Å²) < 4.78 is 5.40. The maximum absolute atomic E-state index is 13.7. The number of β-amino-alcohol motifs (C(OH)–C–C–N with tert-alkyl or cyclic N) is 1. The van der Waals surface area contributed by atoms with Crippen molar-refractivity contribution >= 4 is 17.9 Å². The van der Waals surface area contributed by atoms with Crippen LogP contribution in [0.5, 0.6) is 0 Å². The Labute approximate surface area is 217 Å². The van der Waals surface area contributed by atoms with Gasteiger partial charge >= 0.3 is 6.09 Å². The van der Waals surface area contributed by atoms with Crippen molar-refractivity contribution in [3.8, 4) is 11.8 Å². The molecule has 3 amide bonds. The van der Waals surface area contributed by atoms with Crippen LogP contribution in [0.4, 0.5) is 4.79 Å². The van der Waals surface area contributed by atoms with E-state index in [1.807, 2.05) is 6.92 Å². The predicted octanol–water partition coefficient (Wildman–Crippen LogP) is 1.40. The molecule has 2 fully saturated rings. The average Bonchev–Trinajstić information content (AvgIpc) is 3.23. The Hall–Kier alpha value is -3.13. The fourth-order valence-corrected chi connectivity index (χ4v) is 5.07. The molecule has 0 spiro atoms. The van der Waals surface area contributed by atoms with Gasteiger partial charge in [0, 0.05) is 37.2 Å². The van der Waals surface area contributed by atoms with Crippen molar-refractivity contribution in [3.05, 3.63) is 35.4 Å². The number of hydrogen-bond acceptors (Lipinski definition) is 6. The summed E-state index contributed by atoms with van der Waals surface area (Å²) in [7, 11) is 0. The van der Waals surface area contributed by atoms with E-state index in [2.05, 4.69) is 22.5 Å². The zero-order valence-corrected chi connectivity index (χ0v) is 21.8. The zero-order chi connectivity index (χ0) is 27.4. The van der Waals surface area contributed by atoms with Gasteiger partial charge in [-0.25, -0.2) is 4.79 Å². The number of benzene rings is 1. The minimum absolute atomic E-state index is 0.000788. The van der Waals surface area contributed by atoms with Crippen molar-refractivity contribution in [1.29, 1.82) is 0 Å². The molecule has 0 radical (unpaired) electrons. The molecule has 0 unspecified atom stereocenters. The third kappa shape index (κ3) is 6.80. The maximum Gasteiger partial charge on any atom is 0.405 e. The van der Waals surface area contributed by atoms with E-state index in [0.717, 1.165) is 5.56 Å². The van der Waals surface area contributed by atoms with Crippen LogP contribution in [0.25, 0.3) is 0 Å². The highest BCUT2D eigenvalue weighted by molar-refractivity contribution is 5.92. The number of aliphatic hydroxyl groups is 2. The molecule has 2 aliphatic rings. The van der Waals surface area contributed by atoms with Gasteiger partial charge in [-0.15, -0.1) is 5.92 Å².